The van der Waals surface area contributed by atoms with Crippen LogP contribution in [0.15, 0.2) is 72.8 Å². The smallest absolute Gasteiger partial charge is 0.420 e. The molecule has 7 nitrogen and oxygen atoms in total. The van der Waals surface area contributed by atoms with Crippen LogP contribution in [-0.4, -0.2) is 48.5 Å². The lowest BCUT2D eigenvalue weighted by molar-refractivity contribution is -0.189. The van der Waals surface area contributed by atoms with Crippen molar-refractivity contribution in [3.05, 3.63) is 89.5 Å². The third kappa shape index (κ3) is 10.9. The van der Waals surface area contributed by atoms with Crippen LogP contribution in [0.1, 0.15) is 54.6 Å². The molecule has 0 aromatic heterocycles. The van der Waals surface area contributed by atoms with E-state index in [0.717, 1.165) is 28.7 Å². The maximum absolute atomic E-state index is 13.2. The van der Waals surface area contributed by atoms with Gasteiger partial charge in [0, 0.05) is 31.6 Å². The number of nitrogens with two attached hydrogens (primary N) is 1. The number of carbonyl (C=O) groups is 3. The first-order valence-electron chi connectivity index (χ1n) is 14.3. The highest BCUT2D eigenvalue weighted by Crippen LogP contribution is 2.24. The van der Waals surface area contributed by atoms with Crippen molar-refractivity contribution in [3.63, 3.8) is 0 Å². The van der Waals surface area contributed by atoms with E-state index in [-0.39, 0.29) is 17.6 Å². The fraction of sp³-hybridized carbons (Fsp3) is 0.364. The van der Waals surface area contributed by atoms with Crippen LogP contribution in [0.4, 0.5) is 13.2 Å². The van der Waals surface area contributed by atoms with Crippen molar-refractivity contribution < 1.29 is 32.3 Å². The lowest BCUT2D eigenvalue weighted by Crippen LogP contribution is -2.32. The molecule has 0 heterocycles. The lowest BCUT2D eigenvalue weighted by Gasteiger charge is -2.24. The van der Waals surface area contributed by atoms with Crippen molar-refractivity contribution >= 4 is 17.8 Å². The van der Waals surface area contributed by atoms with Crippen LogP contribution in [0.3, 0.4) is 0 Å². The van der Waals surface area contributed by atoms with Crippen LogP contribution in [-0.2, 0) is 22.6 Å². The average molecular weight is 598 g/mol. The number of halogens is 3. The van der Waals surface area contributed by atoms with Gasteiger partial charge in [-0.3, -0.25) is 9.59 Å². The maximum atomic E-state index is 13.2. The molecule has 43 heavy (non-hydrogen) atoms. The van der Waals surface area contributed by atoms with Crippen molar-refractivity contribution in [1.29, 1.82) is 0 Å². The summed E-state index contributed by atoms with van der Waals surface area (Å²) in [6.45, 7) is 5.87. The van der Waals surface area contributed by atoms with Gasteiger partial charge < -0.3 is 20.7 Å². The molecule has 3 rings (SSSR count). The second kappa shape index (κ2) is 15.9. The molecule has 230 valence electrons. The van der Waals surface area contributed by atoms with E-state index in [1.165, 1.54) is 12.1 Å². The second-order valence-electron chi connectivity index (χ2n) is 10.7. The number of hydrogen-bond donors (Lipinski definition) is 2. The first-order valence-corrected chi connectivity index (χ1v) is 14.3. The summed E-state index contributed by atoms with van der Waals surface area (Å²) in [4.78, 5) is 38.6. The molecule has 0 aliphatic rings. The summed E-state index contributed by atoms with van der Waals surface area (Å²) in [5, 5.41) is 2.86. The zero-order chi connectivity index (χ0) is 31.4. The third-order valence-corrected chi connectivity index (χ3v) is 6.75. The van der Waals surface area contributed by atoms with Crippen molar-refractivity contribution in [1.82, 2.24) is 10.2 Å². The van der Waals surface area contributed by atoms with E-state index in [1.807, 2.05) is 42.5 Å². The zero-order valence-corrected chi connectivity index (χ0v) is 24.5. The van der Waals surface area contributed by atoms with Gasteiger partial charge >= 0.3 is 12.1 Å². The zero-order valence-electron chi connectivity index (χ0n) is 24.5. The van der Waals surface area contributed by atoms with Gasteiger partial charge in [-0.05, 0) is 84.3 Å². The number of nitrogens with zero attached hydrogens (tertiary/aromatic N) is 1. The lowest BCUT2D eigenvalue weighted by atomic mass is 10.00. The van der Waals surface area contributed by atoms with E-state index in [9.17, 15) is 27.6 Å². The molecule has 3 aromatic rings. The second-order valence-corrected chi connectivity index (χ2v) is 10.7. The Morgan fingerprint density at radius 2 is 1.60 bits per heavy atom. The van der Waals surface area contributed by atoms with Gasteiger partial charge in [0.15, 0.2) is 0 Å². The number of benzene rings is 3. The molecule has 0 spiro atoms. The number of carbonyl (C=O) groups excluding carboxylic acids is 3. The Labute approximate surface area is 250 Å². The van der Waals surface area contributed by atoms with Crippen molar-refractivity contribution in [3.8, 4) is 16.9 Å². The Balaban J connectivity index is 1.73. The van der Waals surface area contributed by atoms with Crippen LogP contribution >= 0.6 is 0 Å². The van der Waals surface area contributed by atoms with Crippen LogP contribution < -0.4 is 15.8 Å². The fourth-order valence-corrected chi connectivity index (χ4v) is 4.33. The van der Waals surface area contributed by atoms with E-state index in [2.05, 4.69) is 23.9 Å². The van der Waals surface area contributed by atoms with Crippen molar-refractivity contribution in [2.75, 3.05) is 19.6 Å². The normalized spacial score (nSPS) is 11.3. The topological polar surface area (TPSA) is 102 Å². The summed E-state index contributed by atoms with van der Waals surface area (Å²) in [7, 11) is 0. The summed E-state index contributed by atoms with van der Waals surface area (Å²) in [5.41, 5.74) is 9.54. The van der Waals surface area contributed by atoms with Gasteiger partial charge in [-0.15, -0.1) is 0 Å². The number of esters is 1. The summed E-state index contributed by atoms with van der Waals surface area (Å²) in [5.74, 6) is -2.28. The number of hydrogen-bond acceptors (Lipinski definition) is 5. The molecule has 0 bridgehead atoms. The molecule has 0 atom stereocenters. The first kappa shape index (κ1) is 33.3. The Morgan fingerprint density at radius 1 is 0.930 bits per heavy atom. The Bertz CT molecular complexity index is 1370. The van der Waals surface area contributed by atoms with Crippen LogP contribution in [0.5, 0.6) is 5.75 Å². The monoisotopic (exact) mass is 597 g/mol. The molecule has 0 unspecified atom stereocenters. The van der Waals surface area contributed by atoms with Gasteiger partial charge in [0.1, 0.15) is 5.75 Å². The summed E-state index contributed by atoms with van der Waals surface area (Å²) in [6.07, 6.45) is -2.78. The highest BCUT2D eigenvalue weighted by molar-refractivity contribution is 5.95. The highest BCUT2D eigenvalue weighted by atomic mass is 19.4. The molecule has 0 aliphatic heterocycles. The number of rotatable bonds is 14. The number of nitrogens with one attached hydrogen (secondary N) is 1. The average Bonchev–Trinajstić information content (AvgIpc) is 2.98. The fourth-order valence-electron chi connectivity index (χ4n) is 4.33. The minimum absolute atomic E-state index is 0.00554. The van der Waals surface area contributed by atoms with E-state index in [4.69, 9.17) is 5.73 Å². The molecule has 3 N–H and O–H groups in total. The summed E-state index contributed by atoms with van der Waals surface area (Å²) >= 11 is 0. The molecule has 0 aliphatic carbocycles. The minimum atomic E-state index is -5.07. The van der Waals surface area contributed by atoms with Gasteiger partial charge in [0.25, 0.3) is 5.91 Å². The molecule has 0 radical (unpaired) electrons. The molecule has 0 saturated heterocycles. The standard InChI is InChI=1S/C33H38F3N3O4/c1-23(2)10-15-30(40)39(19-16-24-11-13-29(14-12-24)43-32(42)33(34,35)36)22-25-6-3-7-26(20-25)27-8-4-9-28(21-27)31(41)38-18-5-17-37/h3-4,6-9,11-14,20-21,23H,5,10,15-19,22,37H2,1-2H3,(H,38,41). The van der Waals surface area contributed by atoms with Gasteiger partial charge in [0.2, 0.25) is 5.91 Å². The number of amides is 2. The molecule has 2 amide bonds. The first-order chi connectivity index (χ1) is 20.5. The number of alkyl halides is 3. The summed E-state index contributed by atoms with van der Waals surface area (Å²) < 4.78 is 41.8. The molecule has 3 aromatic carbocycles. The van der Waals surface area contributed by atoms with Crippen LogP contribution in [0.2, 0.25) is 0 Å². The van der Waals surface area contributed by atoms with E-state index >= 15 is 0 Å². The minimum Gasteiger partial charge on any atom is -0.420 e. The van der Waals surface area contributed by atoms with E-state index in [1.54, 1.807) is 23.1 Å². The molecular formula is C33H38F3N3O4. The third-order valence-electron chi connectivity index (χ3n) is 6.75. The van der Waals surface area contributed by atoms with Gasteiger partial charge in [-0.2, -0.15) is 13.2 Å². The van der Waals surface area contributed by atoms with Crippen molar-refractivity contribution in [2.45, 2.75) is 52.3 Å². The Kier molecular flexibility index (Phi) is 12.3. The van der Waals surface area contributed by atoms with Crippen LogP contribution in [0.25, 0.3) is 11.1 Å². The Morgan fingerprint density at radius 3 is 2.26 bits per heavy atom. The van der Waals surface area contributed by atoms with Crippen LogP contribution in [0, 0.1) is 5.92 Å². The molecule has 0 saturated carbocycles. The molecule has 10 heteroatoms. The largest absolute Gasteiger partial charge is 0.491 e. The quantitative estimate of drug-likeness (QED) is 0.137. The molecule has 0 fully saturated rings. The highest BCUT2D eigenvalue weighted by Gasteiger charge is 2.41. The predicted molar refractivity (Wildman–Crippen MR) is 159 cm³/mol. The van der Waals surface area contributed by atoms with E-state index < -0.39 is 12.1 Å². The van der Waals surface area contributed by atoms with Gasteiger partial charge in [-0.1, -0.05) is 56.3 Å². The van der Waals surface area contributed by atoms with Gasteiger partial charge in [-0.25, -0.2) is 4.79 Å². The Hall–Kier alpha value is -4.18. The van der Waals surface area contributed by atoms with E-state index in [0.29, 0.717) is 56.9 Å². The number of ether oxygens (including phenoxy) is 1. The van der Waals surface area contributed by atoms with Crippen molar-refractivity contribution in [2.24, 2.45) is 11.7 Å². The maximum Gasteiger partial charge on any atom is 0.491 e. The molecular weight excluding hydrogens is 559 g/mol. The predicted octanol–water partition coefficient (Wildman–Crippen LogP) is 5.91. The summed E-state index contributed by atoms with van der Waals surface area (Å²) in [6, 6.07) is 20.9. The SMILES string of the molecule is CC(C)CCC(=O)N(CCc1ccc(OC(=O)C(F)(F)F)cc1)Cc1cccc(-c2cccc(C(=O)NCCCN)c2)c1. The van der Waals surface area contributed by atoms with Gasteiger partial charge in [0.05, 0.1) is 0 Å².